The van der Waals surface area contributed by atoms with Crippen molar-refractivity contribution < 1.29 is 4.79 Å². The van der Waals surface area contributed by atoms with Crippen molar-refractivity contribution >= 4 is 40.6 Å². The van der Waals surface area contributed by atoms with Gasteiger partial charge in [-0.3, -0.25) is 9.69 Å². The molecule has 4 rings (SSSR count). The number of likely N-dealkylation sites (tertiary alicyclic amines) is 1. The quantitative estimate of drug-likeness (QED) is 0.775. The van der Waals surface area contributed by atoms with Gasteiger partial charge in [0.15, 0.2) is 0 Å². The van der Waals surface area contributed by atoms with Crippen LogP contribution >= 0.6 is 23.4 Å². The summed E-state index contributed by atoms with van der Waals surface area (Å²) in [6.07, 6.45) is 3.02. The Kier molecular flexibility index (Phi) is 4.53. The summed E-state index contributed by atoms with van der Waals surface area (Å²) in [6.45, 7) is 3.06. The van der Waals surface area contributed by atoms with Crippen LogP contribution in [0.4, 0.5) is 11.4 Å². The molecule has 0 spiro atoms. The van der Waals surface area contributed by atoms with Crippen molar-refractivity contribution in [3.05, 3.63) is 47.5 Å². The van der Waals surface area contributed by atoms with Gasteiger partial charge in [0.25, 0.3) is 0 Å². The van der Waals surface area contributed by atoms with Crippen molar-refractivity contribution in [1.29, 1.82) is 0 Å². The lowest BCUT2D eigenvalue weighted by Gasteiger charge is -2.31. The van der Waals surface area contributed by atoms with Gasteiger partial charge in [0.05, 0.1) is 11.4 Å². The van der Waals surface area contributed by atoms with Crippen LogP contribution in [-0.4, -0.2) is 30.4 Å². The van der Waals surface area contributed by atoms with Gasteiger partial charge in [0.2, 0.25) is 5.91 Å². The van der Waals surface area contributed by atoms with E-state index in [2.05, 4.69) is 11.0 Å². The maximum Gasteiger partial charge on any atom is 0.232 e. The number of halogens is 1. The highest BCUT2D eigenvalue weighted by molar-refractivity contribution is 7.99. The third-order valence-corrected chi connectivity index (χ3v) is 5.94. The van der Waals surface area contributed by atoms with E-state index < -0.39 is 0 Å². The van der Waals surface area contributed by atoms with Crippen LogP contribution in [0, 0.1) is 0 Å². The average molecular weight is 359 g/mol. The Hall–Kier alpha value is -1.49. The van der Waals surface area contributed by atoms with E-state index in [9.17, 15) is 4.79 Å². The van der Waals surface area contributed by atoms with E-state index in [-0.39, 0.29) is 5.91 Å². The van der Waals surface area contributed by atoms with Gasteiger partial charge in [-0.2, -0.15) is 0 Å². The minimum Gasteiger partial charge on any atom is -0.303 e. The summed E-state index contributed by atoms with van der Waals surface area (Å²) in [4.78, 5) is 19.5. The predicted octanol–water partition coefficient (Wildman–Crippen LogP) is 4.96. The van der Waals surface area contributed by atoms with Crippen LogP contribution in [0.1, 0.15) is 19.3 Å². The maximum atomic E-state index is 13.0. The summed E-state index contributed by atoms with van der Waals surface area (Å²) < 4.78 is 0. The van der Waals surface area contributed by atoms with E-state index in [1.807, 2.05) is 41.3 Å². The second-order valence-electron chi connectivity index (χ2n) is 6.21. The van der Waals surface area contributed by atoms with Gasteiger partial charge in [0.1, 0.15) is 0 Å². The fraction of sp³-hybridized carbons (Fsp3) is 0.316. The molecular formula is C19H19ClN2OS. The normalized spacial score (nSPS) is 16.8. The Morgan fingerprint density at radius 2 is 1.79 bits per heavy atom. The summed E-state index contributed by atoms with van der Waals surface area (Å²) >= 11 is 7.89. The highest BCUT2D eigenvalue weighted by Gasteiger charge is 2.28. The Morgan fingerprint density at radius 3 is 2.62 bits per heavy atom. The van der Waals surface area contributed by atoms with Crippen LogP contribution in [0.5, 0.6) is 0 Å². The van der Waals surface area contributed by atoms with Crippen LogP contribution in [0.25, 0.3) is 0 Å². The largest absolute Gasteiger partial charge is 0.303 e. The monoisotopic (exact) mass is 358 g/mol. The van der Waals surface area contributed by atoms with Gasteiger partial charge in [0, 0.05) is 27.8 Å². The third-order valence-electron chi connectivity index (χ3n) is 4.58. The van der Waals surface area contributed by atoms with Gasteiger partial charge >= 0.3 is 0 Å². The van der Waals surface area contributed by atoms with Crippen molar-refractivity contribution in [2.24, 2.45) is 0 Å². The topological polar surface area (TPSA) is 23.6 Å². The molecule has 24 heavy (non-hydrogen) atoms. The number of fused-ring (bicyclic) bond motifs is 2. The molecule has 2 aliphatic heterocycles. The number of carbonyl (C=O) groups is 1. The number of para-hydroxylation sites is 1. The zero-order valence-electron chi connectivity index (χ0n) is 13.4. The average Bonchev–Trinajstić information content (AvgIpc) is 3.11. The number of amides is 1. The number of hydrogen-bond acceptors (Lipinski definition) is 3. The van der Waals surface area contributed by atoms with Gasteiger partial charge in [-0.1, -0.05) is 35.5 Å². The maximum absolute atomic E-state index is 13.0. The van der Waals surface area contributed by atoms with E-state index in [0.29, 0.717) is 11.4 Å². The van der Waals surface area contributed by atoms with E-state index in [1.54, 1.807) is 11.8 Å². The number of benzene rings is 2. The first-order valence-electron chi connectivity index (χ1n) is 8.34. The molecule has 5 heteroatoms. The van der Waals surface area contributed by atoms with E-state index in [1.165, 1.54) is 12.8 Å². The molecule has 0 unspecified atom stereocenters. The van der Waals surface area contributed by atoms with Crippen molar-refractivity contribution in [1.82, 2.24) is 4.90 Å². The second-order valence-corrected chi connectivity index (χ2v) is 7.73. The lowest BCUT2D eigenvalue weighted by Crippen LogP contribution is -2.32. The number of carbonyl (C=O) groups excluding carboxylic acids is 1. The van der Waals surface area contributed by atoms with E-state index in [4.69, 9.17) is 11.6 Å². The highest BCUT2D eigenvalue weighted by atomic mass is 35.5. The molecule has 124 valence electrons. The predicted molar refractivity (Wildman–Crippen MR) is 99.5 cm³/mol. The van der Waals surface area contributed by atoms with E-state index in [0.717, 1.165) is 40.8 Å². The summed E-state index contributed by atoms with van der Waals surface area (Å²) in [5, 5.41) is 0.658. The molecule has 3 nitrogen and oxygen atoms in total. The van der Waals surface area contributed by atoms with Crippen LogP contribution < -0.4 is 4.90 Å². The first-order valence-corrected chi connectivity index (χ1v) is 9.53. The van der Waals surface area contributed by atoms with Crippen LogP contribution in [0.2, 0.25) is 5.02 Å². The molecular weight excluding hydrogens is 340 g/mol. The molecule has 0 aliphatic carbocycles. The van der Waals surface area contributed by atoms with Gasteiger partial charge in [-0.25, -0.2) is 0 Å². The van der Waals surface area contributed by atoms with Crippen LogP contribution in [0.15, 0.2) is 52.3 Å². The molecule has 1 amide bonds. The van der Waals surface area contributed by atoms with E-state index >= 15 is 0 Å². The molecule has 2 aromatic rings. The minimum atomic E-state index is 0.137. The SMILES string of the molecule is O=C(CCN1CCCC1)N1c2ccccc2Sc2ccc(Cl)cc21. The fourth-order valence-corrected chi connectivity index (χ4v) is 4.57. The minimum absolute atomic E-state index is 0.137. The molecule has 0 saturated carbocycles. The summed E-state index contributed by atoms with van der Waals surface area (Å²) in [5.74, 6) is 0.137. The summed E-state index contributed by atoms with van der Waals surface area (Å²) in [5.41, 5.74) is 1.86. The van der Waals surface area contributed by atoms with Gasteiger partial charge in [-0.05, 0) is 56.3 Å². The summed E-state index contributed by atoms with van der Waals surface area (Å²) in [7, 11) is 0. The molecule has 2 aromatic carbocycles. The van der Waals surface area contributed by atoms with Crippen molar-refractivity contribution in [3.63, 3.8) is 0 Å². The molecule has 0 aromatic heterocycles. The number of anilines is 2. The Bertz CT molecular complexity index is 774. The molecule has 0 radical (unpaired) electrons. The van der Waals surface area contributed by atoms with Crippen molar-refractivity contribution in [2.45, 2.75) is 29.1 Å². The molecule has 2 aliphatic rings. The standard InChI is InChI=1S/C19H19ClN2OS/c20-14-7-8-18-16(13-14)22(15-5-1-2-6-17(15)24-18)19(23)9-12-21-10-3-4-11-21/h1-2,5-8,13H,3-4,9-12H2. The molecule has 1 saturated heterocycles. The van der Waals surface area contributed by atoms with Gasteiger partial charge in [-0.15, -0.1) is 0 Å². The number of hydrogen-bond donors (Lipinski definition) is 0. The Balaban J connectivity index is 1.65. The van der Waals surface area contributed by atoms with Crippen molar-refractivity contribution in [3.8, 4) is 0 Å². The first kappa shape index (κ1) is 16.0. The Morgan fingerprint density at radius 1 is 1.04 bits per heavy atom. The second kappa shape index (κ2) is 6.79. The zero-order chi connectivity index (χ0) is 16.5. The summed E-state index contributed by atoms with van der Waals surface area (Å²) in [6, 6.07) is 13.9. The lowest BCUT2D eigenvalue weighted by atomic mass is 10.2. The smallest absolute Gasteiger partial charge is 0.232 e. The van der Waals surface area contributed by atoms with Crippen LogP contribution in [-0.2, 0) is 4.79 Å². The van der Waals surface area contributed by atoms with Crippen LogP contribution in [0.3, 0.4) is 0 Å². The van der Waals surface area contributed by atoms with Gasteiger partial charge < -0.3 is 4.90 Å². The number of rotatable bonds is 3. The number of nitrogens with zero attached hydrogens (tertiary/aromatic N) is 2. The highest BCUT2D eigenvalue weighted by Crippen LogP contribution is 2.48. The molecule has 2 heterocycles. The first-order chi connectivity index (χ1) is 11.7. The zero-order valence-corrected chi connectivity index (χ0v) is 14.9. The molecule has 1 fully saturated rings. The molecule has 0 bridgehead atoms. The van der Waals surface area contributed by atoms with Crippen molar-refractivity contribution in [2.75, 3.05) is 24.5 Å². The molecule has 0 atom stereocenters. The fourth-order valence-electron chi connectivity index (χ4n) is 3.37. The third kappa shape index (κ3) is 3.06. The molecule has 0 N–H and O–H groups in total. The lowest BCUT2D eigenvalue weighted by molar-refractivity contribution is -0.118. The Labute approximate surface area is 151 Å².